The van der Waals surface area contributed by atoms with Gasteiger partial charge in [0.15, 0.2) is 0 Å². The standard InChI is InChI=1S/C12H20N2O2S/c1-10(2)14(3)17(15,16)9-12-6-4-11(8-13)5-7-12/h4-7,10H,8-9,13H2,1-3H3. The van der Waals surface area contributed by atoms with Crippen molar-refractivity contribution in [2.45, 2.75) is 32.2 Å². The zero-order valence-electron chi connectivity index (χ0n) is 10.6. The molecule has 0 saturated carbocycles. The van der Waals surface area contributed by atoms with Gasteiger partial charge in [-0.2, -0.15) is 0 Å². The number of rotatable bonds is 5. The van der Waals surface area contributed by atoms with Crippen LogP contribution in [0.15, 0.2) is 24.3 Å². The molecule has 0 fully saturated rings. The minimum absolute atomic E-state index is 0.0247. The van der Waals surface area contributed by atoms with E-state index in [2.05, 4.69) is 0 Å². The zero-order valence-corrected chi connectivity index (χ0v) is 11.4. The summed E-state index contributed by atoms with van der Waals surface area (Å²) in [6, 6.07) is 7.32. The van der Waals surface area contributed by atoms with Crippen molar-refractivity contribution in [1.29, 1.82) is 0 Å². The fraction of sp³-hybridized carbons (Fsp3) is 0.500. The first-order chi connectivity index (χ1) is 7.86. The molecule has 1 aromatic carbocycles. The van der Waals surface area contributed by atoms with E-state index in [9.17, 15) is 8.42 Å². The maximum atomic E-state index is 12.0. The van der Waals surface area contributed by atoms with Crippen molar-refractivity contribution in [3.8, 4) is 0 Å². The van der Waals surface area contributed by atoms with Gasteiger partial charge in [0.2, 0.25) is 10.0 Å². The molecule has 0 aromatic heterocycles. The number of nitrogens with two attached hydrogens (primary N) is 1. The van der Waals surface area contributed by atoms with E-state index in [1.807, 2.05) is 38.1 Å². The Morgan fingerprint density at radius 3 is 2.06 bits per heavy atom. The molecule has 0 bridgehead atoms. The Bertz CT molecular complexity index is 452. The Hall–Kier alpha value is -0.910. The molecule has 0 heterocycles. The fourth-order valence-electron chi connectivity index (χ4n) is 1.41. The first-order valence-corrected chi connectivity index (χ1v) is 7.21. The quantitative estimate of drug-likeness (QED) is 0.864. The Morgan fingerprint density at radius 1 is 1.18 bits per heavy atom. The van der Waals surface area contributed by atoms with Crippen LogP contribution in [0.3, 0.4) is 0 Å². The Morgan fingerprint density at radius 2 is 1.65 bits per heavy atom. The van der Waals surface area contributed by atoms with Crippen molar-refractivity contribution in [3.63, 3.8) is 0 Å². The minimum atomic E-state index is -3.23. The molecule has 1 aromatic rings. The molecule has 0 unspecified atom stereocenters. The summed E-state index contributed by atoms with van der Waals surface area (Å²) in [5.41, 5.74) is 7.28. The highest BCUT2D eigenvalue weighted by atomic mass is 32.2. The maximum absolute atomic E-state index is 12.0. The zero-order chi connectivity index (χ0) is 13.1. The molecule has 5 heteroatoms. The van der Waals surface area contributed by atoms with Crippen LogP contribution in [0.1, 0.15) is 25.0 Å². The Balaban J connectivity index is 2.83. The van der Waals surface area contributed by atoms with Crippen molar-refractivity contribution < 1.29 is 8.42 Å². The highest BCUT2D eigenvalue weighted by Crippen LogP contribution is 2.12. The summed E-state index contributed by atoms with van der Waals surface area (Å²) in [6.45, 7) is 4.18. The van der Waals surface area contributed by atoms with E-state index in [1.165, 1.54) is 4.31 Å². The average Bonchev–Trinajstić information content (AvgIpc) is 2.28. The lowest BCUT2D eigenvalue weighted by atomic mass is 10.1. The predicted molar refractivity (Wildman–Crippen MR) is 69.9 cm³/mol. The van der Waals surface area contributed by atoms with Crippen molar-refractivity contribution in [2.24, 2.45) is 5.73 Å². The van der Waals surface area contributed by atoms with E-state index < -0.39 is 10.0 Å². The third-order valence-electron chi connectivity index (χ3n) is 2.77. The number of sulfonamides is 1. The molecule has 0 radical (unpaired) electrons. The van der Waals surface area contributed by atoms with Gasteiger partial charge in [0.1, 0.15) is 0 Å². The van der Waals surface area contributed by atoms with Crippen LogP contribution >= 0.6 is 0 Å². The molecule has 17 heavy (non-hydrogen) atoms. The van der Waals surface area contributed by atoms with Crippen LogP contribution in [0.5, 0.6) is 0 Å². The van der Waals surface area contributed by atoms with E-state index >= 15 is 0 Å². The van der Waals surface area contributed by atoms with Crippen molar-refractivity contribution >= 4 is 10.0 Å². The predicted octanol–water partition coefficient (Wildman–Crippen LogP) is 1.32. The van der Waals surface area contributed by atoms with Crippen LogP contribution in [0.2, 0.25) is 0 Å². The first kappa shape index (κ1) is 14.2. The van der Waals surface area contributed by atoms with Crippen LogP contribution in [-0.4, -0.2) is 25.8 Å². The fourth-order valence-corrected chi connectivity index (χ4v) is 2.86. The van der Waals surface area contributed by atoms with Gasteiger partial charge >= 0.3 is 0 Å². The van der Waals surface area contributed by atoms with E-state index in [-0.39, 0.29) is 11.8 Å². The summed E-state index contributed by atoms with van der Waals surface area (Å²) in [6.07, 6.45) is 0. The number of nitrogens with zero attached hydrogens (tertiary/aromatic N) is 1. The summed E-state index contributed by atoms with van der Waals surface area (Å²) in [7, 11) is -1.62. The Kier molecular flexibility index (Phi) is 4.68. The third-order valence-corrected chi connectivity index (χ3v) is 4.77. The summed E-state index contributed by atoms with van der Waals surface area (Å²) in [4.78, 5) is 0. The molecule has 1 rings (SSSR count). The lowest BCUT2D eigenvalue weighted by Gasteiger charge is -2.20. The van der Waals surface area contributed by atoms with Gasteiger partial charge in [-0.1, -0.05) is 24.3 Å². The van der Waals surface area contributed by atoms with Gasteiger partial charge in [-0.25, -0.2) is 12.7 Å². The molecule has 0 aliphatic heterocycles. The maximum Gasteiger partial charge on any atom is 0.218 e. The van der Waals surface area contributed by atoms with Gasteiger partial charge in [0.25, 0.3) is 0 Å². The van der Waals surface area contributed by atoms with Crippen LogP contribution in [0.25, 0.3) is 0 Å². The molecule has 4 nitrogen and oxygen atoms in total. The topological polar surface area (TPSA) is 63.4 Å². The van der Waals surface area contributed by atoms with Gasteiger partial charge in [-0.05, 0) is 25.0 Å². The highest BCUT2D eigenvalue weighted by Gasteiger charge is 2.20. The van der Waals surface area contributed by atoms with E-state index in [4.69, 9.17) is 5.73 Å². The SMILES string of the molecule is CC(C)N(C)S(=O)(=O)Cc1ccc(CN)cc1. The lowest BCUT2D eigenvalue weighted by molar-refractivity contribution is 0.410. The first-order valence-electron chi connectivity index (χ1n) is 5.60. The second-order valence-corrected chi connectivity index (χ2v) is 6.42. The molecule has 2 N–H and O–H groups in total. The van der Waals surface area contributed by atoms with Crippen LogP contribution in [0.4, 0.5) is 0 Å². The molecule has 0 aliphatic carbocycles. The summed E-state index contributed by atoms with van der Waals surface area (Å²) in [5, 5.41) is 0. The monoisotopic (exact) mass is 256 g/mol. The normalized spacial score (nSPS) is 12.4. The number of hydrogen-bond acceptors (Lipinski definition) is 3. The largest absolute Gasteiger partial charge is 0.326 e. The van der Waals surface area contributed by atoms with Gasteiger partial charge in [0.05, 0.1) is 5.75 Å². The molecule has 0 spiro atoms. The van der Waals surface area contributed by atoms with Crippen LogP contribution < -0.4 is 5.73 Å². The smallest absolute Gasteiger partial charge is 0.218 e. The van der Waals surface area contributed by atoms with Gasteiger partial charge in [-0.15, -0.1) is 0 Å². The number of hydrogen-bond donors (Lipinski definition) is 1. The van der Waals surface area contributed by atoms with Crippen LogP contribution in [-0.2, 0) is 22.3 Å². The molecule has 0 saturated heterocycles. The average molecular weight is 256 g/mol. The molecule has 0 amide bonds. The van der Waals surface area contributed by atoms with Gasteiger partial charge < -0.3 is 5.73 Å². The summed E-state index contributed by atoms with van der Waals surface area (Å²) in [5.74, 6) is 0.0343. The van der Waals surface area contributed by atoms with Crippen molar-refractivity contribution in [2.75, 3.05) is 7.05 Å². The minimum Gasteiger partial charge on any atom is -0.326 e. The summed E-state index contributed by atoms with van der Waals surface area (Å²) < 4.78 is 25.4. The summed E-state index contributed by atoms with van der Waals surface area (Å²) >= 11 is 0. The Labute approximate surface area is 103 Å². The lowest BCUT2D eigenvalue weighted by Crippen LogP contribution is -2.33. The molecule has 96 valence electrons. The van der Waals surface area contributed by atoms with Crippen molar-refractivity contribution in [3.05, 3.63) is 35.4 Å². The molecule has 0 atom stereocenters. The molecular formula is C12H20N2O2S. The van der Waals surface area contributed by atoms with E-state index in [0.717, 1.165) is 11.1 Å². The van der Waals surface area contributed by atoms with Gasteiger partial charge in [-0.3, -0.25) is 0 Å². The second kappa shape index (κ2) is 5.62. The highest BCUT2D eigenvalue weighted by molar-refractivity contribution is 7.88. The second-order valence-electron chi connectivity index (χ2n) is 4.39. The molecular weight excluding hydrogens is 236 g/mol. The van der Waals surface area contributed by atoms with Crippen molar-refractivity contribution in [1.82, 2.24) is 4.31 Å². The van der Waals surface area contributed by atoms with Crippen LogP contribution in [0, 0.1) is 0 Å². The van der Waals surface area contributed by atoms with E-state index in [1.54, 1.807) is 7.05 Å². The number of benzene rings is 1. The molecule has 0 aliphatic rings. The van der Waals surface area contributed by atoms with Gasteiger partial charge in [0, 0.05) is 19.6 Å². The third kappa shape index (κ3) is 3.80. The van der Waals surface area contributed by atoms with E-state index in [0.29, 0.717) is 6.54 Å².